The Labute approximate surface area is 149 Å². The molecule has 0 aliphatic rings. The van der Waals surface area contributed by atoms with Crippen LogP contribution in [0.3, 0.4) is 0 Å². The average Bonchev–Trinajstić information content (AvgIpc) is 2.44. The average molecular weight is 352 g/mol. The minimum atomic E-state index is -0.464. The van der Waals surface area contributed by atoms with E-state index in [1.807, 2.05) is 45.0 Å². The fourth-order valence-corrected chi connectivity index (χ4v) is 2.96. The van der Waals surface area contributed by atoms with Crippen LogP contribution in [-0.2, 0) is 9.53 Å². The quantitative estimate of drug-likeness (QED) is 0.540. The molecule has 0 aliphatic carbocycles. The lowest BCUT2D eigenvalue weighted by atomic mass is 10.2. The van der Waals surface area contributed by atoms with Gasteiger partial charge in [-0.3, -0.25) is 9.59 Å². The first-order valence-electron chi connectivity index (χ1n) is 8.32. The first kappa shape index (κ1) is 20.6. The molecule has 1 aromatic rings. The number of carbonyl (C=O) groups is 2. The summed E-state index contributed by atoms with van der Waals surface area (Å²) >= 11 is 1.77. The standard InChI is InChI=1S/C19H29NO3S/c1-14(2)24-16-11-9-15(10-12-16)18(22)20(6)13-7-8-17(21)23-19(3,4)5/h9-12,14H,7-8,13H2,1-6H3. The smallest absolute Gasteiger partial charge is 0.306 e. The van der Waals surface area contributed by atoms with Crippen molar-refractivity contribution in [2.45, 2.75) is 63.2 Å². The Balaban J connectivity index is 2.46. The van der Waals surface area contributed by atoms with Crippen LogP contribution >= 0.6 is 11.8 Å². The highest BCUT2D eigenvalue weighted by atomic mass is 32.2. The van der Waals surface area contributed by atoms with Crippen molar-refractivity contribution in [2.75, 3.05) is 13.6 Å². The van der Waals surface area contributed by atoms with E-state index >= 15 is 0 Å². The Morgan fingerprint density at radius 3 is 2.25 bits per heavy atom. The largest absolute Gasteiger partial charge is 0.460 e. The van der Waals surface area contributed by atoms with Crippen molar-refractivity contribution >= 4 is 23.6 Å². The Hall–Kier alpha value is -1.49. The molecule has 0 spiro atoms. The third kappa shape index (κ3) is 7.86. The molecule has 0 saturated carbocycles. The molecule has 0 saturated heterocycles. The van der Waals surface area contributed by atoms with Gasteiger partial charge in [0.2, 0.25) is 0 Å². The second-order valence-corrected chi connectivity index (χ2v) is 8.76. The van der Waals surface area contributed by atoms with Gasteiger partial charge in [-0.2, -0.15) is 0 Å². The molecule has 0 radical (unpaired) electrons. The zero-order chi connectivity index (χ0) is 18.3. The van der Waals surface area contributed by atoms with Gasteiger partial charge < -0.3 is 9.64 Å². The first-order chi connectivity index (χ1) is 11.1. The van der Waals surface area contributed by atoms with E-state index in [-0.39, 0.29) is 11.9 Å². The third-order valence-corrected chi connectivity index (χ3v) is 4.13. The summed E-state index contributed by atoms with van der Waals surface area (Å²) in [6.07, 6.45) is 0.914. The number of benzene rings is 1. The lowest BCUT2D eigenvalue weighted by Gasteiger charge is -2.20. The zero-order valence-corrected chi connectivity index (χ0v) is 16.4. The normalized spacial score (nSPS) is 11.5. The molecular weight excluding hydrogens is 322 g/mol. The van der Waals surface area contributed by atoms with Gasteiger partial charge in [-0.15, -0.1) is 11.8 Å². The second-order valence-electron chi connectivity index (χ2n) is 7.11. The molecule has 0 heterocycles. The summed E-state index contributed by atoms with van der Waals surface area (Å²) in [7, 11) is 1.76. The number of amides is 1. The summed E-state index contributed by atoms with van der Waals surface area (Å²) in [5, 5.41) is 0.516. The molecule has 1 amide bonds. The number of carbonyl (C=O) groups excluding carboxylic acids is 2. The molecular formula is C19H29NO3S. The van der Waals surface area contributed by atoms with Crippen LogP contribution in [0.25, 0.3) is 0 Å². The fourth-order valence-electron chi connectivity index (χ4n) is 2.12. The minimum Gasteiger partial charge on any atom is -0.460 e. The molecule has 5 heteroatoms. The van der Waals surface area contributed by atoms with Crippen LogP contribution in [0, 0.1) is 0 Å². The molecule has 0 unspecified atom stereocenters. The molecule has 0 atom stereocenters. The summed E-state index contributed by atoms with van der Waals surface area (Å²) in [4.78, 5) is 26.9. The molecule has 0 bridgehead atoms. The van der Waals surface area contributed by atoms with Gasteiger partial charge in [0.25, 0.3) is 5.91 Å². The second kappa shape index (κ2) is 9.11. The van der Waals surface area contributed by atoms with E-state index in [0.29, 0.717) is 30.2 Å². The van der Waals surface area contributed by atoms with Gasteiger partial charge >= 0.3 is 5.97 Å². The van der Waals surface area contributed by atoms with Crippen LogP contribution in [0.1, 0.15) is 57.8 Å². The van der Waals surface area contributed by atoms with Crippen LogP contribution < -0.4 is 0 Å². The minimum absolute atomic E-state index is 0.0275. The van der Waals surface area contributed by atoms with E-state index in [0.717, 1.165) is 4.90 Å². The molecule has 1 rings (SSSR count). The van der Waals surface area contributed by atoms with Crippen molar-refractivity contribution in [3.8, 4) is 0 Å². The van der Waals surface area contributed by atoms with E-state index in [4.69, 9.17) is 4.74 Å². The Morgan fingerprint density at radius 2 is 1.75 bits per heavy atom. The van der Waals surface area contributed by atoms with Crippen LogP contribution in [0.15, 0.2) is 29.2 Å². The first-order valence-corrected chi connectivity index (χ1v) is 9.20. The Kier molecular flexibility index (Phi) is 7.80. The van der Waals surface area contributed by atoms with E-state index in [2.05, 4.69) is 13.8 Å². The monoisotopic (exact) mass is 351 g/mol. The number of esters is 1. The van der Waals surface area contributed by atoms with E-state index < -0.39 is 5.60 Å². The molecule has 0 N–H and O–H groups in total. The zero-order valence-electron chi connectivity index (χ0n) is 15.6. The molecule has 134 valence electrons. The van der Waals surface area contributed by atoms with E-state index in [1.54, 1.807) is 23.7 Å². The lowest BCUT2D eigenvalue weighted by molar-refractivity contribution is -0.154. The number of hydrogen-bond acceptors (Lipinski definition) is 4. The van der Waals surface area contributed by atoms with Gasteiger partial charge in [0, 0.05) is 35.7 Å². The summed E-state index contributed by atoms with van der Waals surface area (Å²) in [6.45, 7) is 10.4. The van der Waals surface area contributed by atoms with Crippen LogP contribution in [0.2, 0.25) is 0 Å². The van der Waals surface area contributed by atoms with Gasteiger partial charge in [0.15, 0.2) is 0 Å². The molecule has 1 aromatic carbocycles. The van der Waals surface area contributed by atoms with Crippen molar-refractivity contribution < 1.29 is 14.3 Å². The molecule has 4 nitrogen and oxygen atoms in total. The highest BCUT2D eigenvalue weighted by molar-refractivity contribution is 7.99. The number of rotatable bonds is 7. The maximum absolute atomic E-state index is 12.4. The van der Waals surface area contributed by atoms with E-state index in [9.17, 15) is 9.59 Å². The Morgan fingerprint density at radius 1 is 1.17 bits per heavy atom. The Bertz CT molecular complexity index is 547. The van der Waals surface area contributed by atoms with Gasteiger partial charge in [-0.25, -0.2) is 0 Å². The van der Waals surface area contributed by atoms with Crippen molar-refractivity contribution in [3.63, 3.8) is 0 Å². The molecule has 0 fully saturated rings. The summed E-state index contributed by atoms with van der Waals surface area (Å²) in [6, 6.07) is 7.67. The summed E-state index contributed by atoms with van der Waals surface area (Å²) < 4.78 is 5.26. The number of hydrogen-bond donors (Lipinski definition) is 0. The molecule has 0 aliphatic heterocycles. The van der Waals surface area contributed by atoms with Gasteiger partial charge in [-0.05, 0) is 51.5 Å². The van der Waals surface area contributed by atoms with Crippen LogP contribution in [0.4, 0.5) is 0 Å². The maximum Gasteiger partial charge on any atom is 0.306 e. The highest BCUT2D eigenvalue weighted by Crippen LogP contribution is 2.23. The molecule has 0 aromatic heterocycles. The van der Waals surface area contributed by atoms with Crippen molar-refractivity contribution in [3.05, 3.63) is 29.8 Å². The van der Waals surface area contributed by atoms with Gasteiger partial charge in [0.05, 0.1) is 0 Å². The van der Waals surface area contributed by atoms with Crippen LogP contribution in [-0.4, -0.2) is 41.2 Å². The SMILES string of the molecule is CC(C)Sc1ccc(C(=O)N(C)CCCC(=O)OC(C)(C)C)cc1. The lowest BCUT2D eigenvalue weighted by Crippen LogP contribution is -2.29. The van der Waals surface area contributed by atoms with Crippen molar-refractivity contribution in [2.24, 2.45) is 0 Å². The molecule has 24 heavy (non-hydrogen) atoms. The number of ether oxygens (including phenoxy) is 1. The van der Waals surface area contributed by atoms with Gasteiger partial charge in [0.1, 0.15) is 5.60 Å². The fraction of sp³-hybridized carbons (Fsp3) is 0.579. The summed E-state index contributed by atoms with van der Waals surface area (Å²) in [5.74, 6) is -0.251. The van der Waals surface area contributed by atoms with E-state index in [1.165, 1.54) is 0 Å². The predicted molar refractivity (Wildman–Crippen MR) is 99.5 cm³/mol. The number of nitrogens with zero attached hydrogens (tertiary/aromatic N) is 1. The van der Waals surface area contributed by atoms with Crippen molar-refractivity contribution in [1.82, 2.24) is 4.90 Å². The van der Waals surface area contributed by atoms with Crippen molar-refractivity contribution in [1.29, 1.82) is 0 Å². The van der Waals surface area contributed by atoms with Crippen LogP contribution in [0.5, 0.6) is 0 Å². The highest BCUT2D eigenvalue weighted by Gasteiger charge is 2.17. The topological polar surface area (TPSA) is 46.6 Å². The summed E-state index contributed by atoms with van der Waals surface area (Å²) in [5.41, 5.74) is 0.206. The number of thioether (sulfide) groups is 1. The van der Waals surface area contributed by atoms with Gasteiger partial charge in [-0.1, -0.05) is 13.8 Å². The predicted octanol–water partition coefficient (Wildman–Crippen LogP) is 4.38. The maximum atomic E-state index is 12.4. The third-order valence-electron chi connectivity index (χ3n) is 3.11.